The lowest BCUT2D eigenvalue weighted by molar-refractivity contribution is -0.163. The topological polar surface area (TPSA) is 92.7 Å². The van der Waals surface area contributed by atoms with Gasteiger partial charge < -0.3 is 9.84 Å². The molecule has 0 saturated heterocycles. The predicted octanol–water partition coefficient (Wildman–Crippen LogP) is 3.29. The summed E-state index contributed by atoms with van der Waals surface area (Å²) in [6.07, 6.45) is -2.41. The molecule has 0 saturated carbocycles. The lowest BCUT2D eigenvalue weighted by Gasteiger charge is -2.27. The first kappa shape index (κ1) is 20.4. The Morgan fingerprint density at radius 3 is 2.61 bits per heavy atom. The van der Waals surface area contributed by atoms with Crippen LogP contribution in [-0.4, -0.2) is 32.8 Å². The van der Waals surface area contributed by atoms with Crippen LogP contribution in [0.15, 0.2) is 41.0 Å². The summed E-state index contributed by atoms with van der Waals surface area (Å²) < 4.78 is 73.0. The number of carboxylic acid groups (broad SMARTS) is 1. The molecule has 0 amide bonds. The van der Waals surface area contributed by atoms with Crippen LogP contribution in [0.2, 0.25) is 0 Å². The highest BCUT2D eigenvalue weighted by Gasteiger charge is 2.48. The Balaban J connectivity index is 1.93. The standard InChI is InChI=1S/C18H18F3NO5S/c1-27-12-5-7-16(14(9-12)18(19,20)21)28(25,26)22-15-6-4-10-2-3-11(17(23)24)8-13(10)15/h2-3,5,7-8,14-15,22H,4,6,9H2,1H3,(H,23,24)/t14?,15-/m1/s1. The van der Waals surface area contributed by atoms with Gasteiger partial charge in [-0.1, -0.05) is 6.07 Å². The van der Waals surface area contributed by atoms with E-state index in [0.29, 0.717) is 18.4 Å². The molecule has 0 bridgehead atoms. The van der Waals surface area contributed by atoms with Gasteiger partial charge in [-0.3, -0.25) is 0 Å². The fraction of sp³-hybridized carbons (Fsp3) is 0.389. The molecule has 1 aromatic rings. The van der Waals surface area contributed by atoms with E-state index in [1.807, 2.05) is 0 Å². The molecule has 0 heterocycles. The van der Waals surface area contributed by atoms with Gasteiger partial charge in [-0.25, -0.2) is 17.9 Å². The normalized spacial score (nSPS) is 22.3. The van der Waals surface area contributed by atoms with Crippen LogP contribution in [0.3, 0.4) is 0 Å². The van der Waals surface area contributed by atoms with Gasteiger partial charge in [0.2, 0.25) is 10.0 Å². The van der Waals surface area contributed by atoms with Gasteiger partial charge in [-0.2, -0.15) is 13.2 Å². The van der Waals surface area contributed by atoms with Crippen LogP contribution >= 0.6 is 0 Å². The molecule has 10 heteroatoms. The van der Waals surface area contributed by atoms with E-state index in [0.717, 1.165) is 11.6 Å². The number of methoxy groups -OCH3 is 1. The Kier molecular flexibility index (Phi) is 5.28. The third kappa shape index (κ3) is 3.93. The summed E-state index contributed by atoms with van der Waals surface area (Å²) in [7, 11) is -3.24. The molecule has 0 fully saturated rings. The summed E-state index contributed by atoms with van der Waals surface area (Å²) in [4.78, 5) is 10.4. The lowest BCUT2D eigenvalue weighted by atomic mass is 9.98. The zero-order valence-electron chi connectivity index (χ0n) is 14.8. The molecular formula is C18H18F3NO5S. The molecule has 0 aromatic heterocycles. The number of hydrogen-bond acceptors (Lipinski definition) is 4. The maximum absolute atomic E-state index is 13.4. The molecule has 0 spiro atoms. The minimum Gasteiger partial charge on any atom is -0.501 e. The Morgan fingerprint density at radius 1 is 1.29 bits per heavy atom. The Bertz CT molecular complexity index is 966. The predicted molar refractivity (Wildman–Crippen MR) is 93.9 cm³/mol. The molecule has 0 radical (unpaired) electrons. The second kappa shape index (κ2) is 7.25. The number of alkyl halides is 3. The van der Waals surface area contributed by atoms with E-state index in [-0.39, 0.29) is 11.3 Å². The summed E-state index contributed by atoms with van der Waals surface area (Å²) in [5.41, 5.74) is 1.23. The van der Waals surface area contributed by atoms with E-state index >= 15 is 0 Å². The molecule has 0 aliphatic heterocycles. The van der Waals surface area contributed by atoms with Crippen molar-refractivity contribution in [3.05, 3.63) is 57.7 Å². The van der Waals surface area contributed by atoms with Crippen LogP contribution in [0.1, 0.15) is 40.4 Å². The first-order valence-electron chi connectivity index (χ1n) is 8.43. The van der Waals surface area contributed by atoms with Gasteiger partial charge in [0.15, 0.2) is 0 Å². The summed E-state index contributed by atoms with van der Waals surface area (Å²) in [6.45, 7) is 0. The van der Waals surface area contributed by atoms with E-state index in [4.69, 9.17) is 9.84 Å². The maximum Gasteiger partial charge on any atom is 0.396 e. The Labute approximate surface area is 159 Å². The largest absolute Gasteiger partial charge is 0.501 e. The monoisotopic (exact) mass is 417 g/mol. The van der Waals surface area contributed by atoms with Crippen LogP contribution in [0, 0.1) is 5.92 Å². The van der Waals surface area contributed by atoms with Crippen LogP contribution in [0.25, 0.3) is 0 Å². The highest BCUT2D eigenvalue weighted by molar-refractivity contribution is 7.93. The zero-order chi connectivity index (χ0) is 20.7. The van der Waals surface area contributed by atoms with E-state index < -0.39 is 45.5 Å². The van der Waals surface area contributed by atoms with Crippen molar-refractivity contribution in [3.8, 4) is 0 Å². The first-order chi connectivity index (χ1) is 13.0. The SMILES string of the molecule is COC1=CC=C(S(=O)(=O)N[C@@H]2CCc3ccc(C(=O)O)cc32)C(C(F)(F)F)C1. The average molecular weight is 417 g/mol. The average Bonchev–Trinajstić information content (AvgIpc) is 3.02. The van der Waals surface area contributed by atoms with E-state index in [9.17, 15) is 26.4 Å². The second-order valence-electron chi connectivity index (χ2n) is 6.64. The Hall–Kier alpha value is -2.33. The number of aromatic carboxylic acids is 1. The first-order valence-corrected chi connectivity index (χ1v) is 9.91. The number of hydrogen-bond donors (Lipinski definition) is 2. The molecule has 2 atom stereocenters. The fourth-order valence-electron chi connectivity index (χ4n) is 3.48. The smallest absolute Gasteiger partial charge is 0.396 e. The highest BCUT2D eigenvalue weighted by Crippen LogP contribution is 2.42. The van der Waals surface area contributed by atoms with E-state index in [1.165, 1.54) is 25.3 Å². The van der Waals surface area contributed by atoms with Gasteiger partial charge in [0.05, 0.1) is 29.3 Å². The molecule has 152 valence electrons. The minimum atomic E-state index is -4.76. The van der Waals surface area contributed by atoms with Crippen molar-refractivity contribution in [2.45, 2.75) is 31.5 Å². The summed E-state index contributed by atoms with van der Waals surface area (Å²) in [5.74, 6) is -3.34. The van der Waals surface area contributed by atoms with Gasteiger partial charge in [0.25, 0.3) is 0 Å². The van der Waals surface area contributed by atoms with Crippen molar-refractivity contribution < 1.29 is 36.2 Å². The number of fused-ring (bicyclic) bond motifs is 1. The van der Waals surface area contributed by atoms with Crippen molar-refractivity contribution in [3.63, 3.8) is 0 Å². The molecule has 6 nitrogen and oxygen atoms in total. The number of halogens is 3. The van der Waals surface area contributed by atoms with Gasteiger partial charge in [0.1, 0.15) is 0 Å². The highest BCUT2D eigenvalue weighted by atomic mass is 32.2. The molecule has 2 aliphatic carbocycles. The number of ether oxygens (including phenoxy) is 1. The molecule has 3 rings (SSSR count). The third-order valence-electron chi connectivity index (χ3n) is 4.92. The van der Waals surface area contributed by atoms with Crippen LogP contribution in [0.4, 0.5) is 13.2 Å². The van der Waals surface area contributed by atoms with E-state index in [1.54, 1.807) is 6.07 Å². The van der Waals surface area contributed by atoms with Crippen LogP contribution in [0.5, 0.6) is 0 Å². The fourth-order valence-corrected chi connectivity index (χ4v) is 5.07. The number of nitrogens with one attached hydrogen (secondary N) is 1. The lowest BCUT2D eigenvalue weighted by Crippen LogP contribution is -2.37. The number of benzene rings is 1. The van der Waals surface area contributed by atoms with Crippen LogP contribution in [-0.2, 0) is 21.2 Å². The number of carboxylic acids is 1. The molecule has 2 aliphatic rings. The summed E-state index contributed by atoms with van der Waals surface area (Å²) in [6, 6.07) is 3.58. The number of rotatable bonds is 5. The van der Waals surface area contributed by atoms with Crippen LogP contribution < -0.4 is 4.72 Å². The van der Waals surface area contributed by atoms with E-state index in [2.05, 4.69) is 4.72 Å². The van der Waals surface area contributed by atoms with Crippen molar-refractivity contribution >= 4 is 16.0 Å². The minimum absolute atomic E-state index is 0.0115. The number of allylic oxidation sites excluding steroid dienone is 4. The maximum atomic E-state index is 13.4. The molecular weight excluding hydrogens is 399 g/mol. The molecule has 2 N–H and O–H groups in total. The van der Waals surface area contributed by atoms with Crippen molar-refractivity contribution in [1.29, 1.82) is 0 Å². The molecule has 1 aromatic carbocycles. The van der Waals surface area contributed by atoms with Gasteiger partial charge in [-0.15, -0.1) is 0 Å². The summed E-state index contributed by atoms with van der Waals surface area (Å²) in [5, 5.41) is 9.12. The number of aryl methyl sites for hydroxylation is 1. The zero-order valence-corrected chi connectivity index (χ0v) is 15.6. The van der Waals surface area contributed by atoms with Gasteiger partial charge in [-0.05, 0) is 48.3 Å². The number of sulfonamides is 1. The van der Waals surface area contributed by atoms with Gasteiger partial charge >= 0.3 is 12.1 Å². The quantitative estimate of drug-likeness (QED) is 0.767. The summed E-state index contributed by atoms with van der Waals surface area (Å²) >= 11 is 0. The molecule has 1 unspecified atom stereocenters. The third-order valence-corrected chi connectivity index (χ3v) is 6.55. The molecule has 28 heavy (non-hydrogen) atoms. The van der Waals surface area contributed by atoms with Crippen molar-refractivity contribution in [2.75, 3.05) is 7.11 Å². The van der Waals surface area contributed by atoms with Crippen molar-refractivity contribution in [1.82, 2.24) is 4.72 Å². The van der Waals surface area contributed by atoms with Crippen molar-refractivity contribution in [2.24, 2.45) is 5.92 Å². The Morgan fingerprint density at radius 2 is 2.00 bits per heavy atom. The number of carbonyl (C=O) groups is 1. The second-order valence-corrected chi connectivity index (χ2v) is 8.35. The van der Waals surface area contributed by atoms with Gasteiger partial charge in [0, 0.05) is 12.5 Å².